The maximum Gasteiger partial charge on any atom is 0.313 e. The van der Waals surface area contributed by atoms with E-state index in [0.717, 1.165) is 17.5 Å². The Morgan fingerprint density at radius 2 is 1.83 bits per heavy atom. The van der Waals surface area contributed by atoms with Gasteiger partial charge in [-0.25, -0.2) is 4.98 Å². The molecule has 46 heavy (non-hydrogen) atoms. The first-order valence-corrected chi connectivity index (χ1v) is 14.8. The van der Waals surface area contributed by atoms with E-state index in [1.165, 1.54) is 16.7 Å². The minimum atomic E-state index is -0.540. The second kappa shape index (κ2) is 13.1. The van der Waals surface area contributed by atoms with Gasteiger partial charge in [-0.3, -0.25) is 19.7 Å². The number of hydrogen-bond acceptors (Lipinski definition) is 7. The summed E-state index contributed by atoms with van der Waals surface area (Å²) in [4.78, 5) is 42.2. The molecule has 3 aromatic carbocycles. The first kappa shape index (κ1) is 31.6. The molecule has 234 valence electrons. The van der Waals surface area contributed by atoms with Crippen LogP contribution in [0.1, 0.15) is 48.7 Å². The molecule has 0 saturated heterocycles. The summed E-state index contributed by atoms with van der Waals surface area (Å²) in [5.41, 5.74) is 3.78. The Kier molecular flexibility index (Phi) is 8.99. The summed E-state index contributed by atoms with van der Waals surface area (Å²) in [6.07, 6.45) is 11.5. The van der Waals surface area contributed by atoms with Gasteiger partial charge in [0.2, 0.25) is 5.75 Å². The lowest BCUT2D eigenvalue weighted by Gasteiger charge is -2.19. The lowest BCUT2D eigenvalue weighted by atomic mass is 9.86. The molecule has 0 aliphatic heterocycles. The van der Waals surface area contributed by atoms with Gasteiger partial charge in [0.25, 0.3) is 11.5 Å². The van der Waals surface area contributed by atoms with Gasteiger partial charge in [0, 0.05) is 41.8 Å². The number of nitro benzene ring substituents is 1. The van der Waals surface area contributed by atoms with E-state index in [1.807, 2.05) is 55.5 Å². The zero-order valence-electron chi connectivity index (χ0n) is 26.3. The molecule has 1 aliphatic rings. The van der Waals surface area contributed by atoms with Crippen LogP contribution in [0.2, 0.25) is 0 Å². The van der Waals surface area contributed by atoms with E-state index in [-0.39, 0.29) is 28.6 Å². The van der Waals surface area contributed by atoms with Gasteiger partial charge in [-0.1, -0.05) is 63.3 Å². The van der Waals surface area contributed by atoms with E-state index in [1.54, 1.807) is 43.6 Å². The number of nitrogens with zero attached hydrogens (tertiary/aromatic N) is 3. The van der Waals surface area contributed by atoms with Crippen molar-refractivity contribution in [3.63, 3.8) is 0 Å². The number of amides is 1. The Morgan fingerprint density at radius 1 is 1.07 bits per heavy atom. The molecular formula is C36H35N5O5. The first-order chi connectivity index (χ1) is 21.9. The molecule has 1 amide bonds. The van der Waals surface area contributed by atoms with Crippen LogP contribution < -0.4 is 20.9 Å². The predicted octanol–water partition coefficient (Wildman–Crippen LogP) is 7.74. The molecule has 1 aliphatic carbocycles. The number of nitrogens with one attached hydrogen (secondary N) is 2. The molecular weight excluding hydrogens is 582 g/mol. The lowest BCUT2D eigenvalue weighted by molar-refractivity contribution is -0.385. The Morgan fingerprint density at radius 3 is 2.54 bits per heavy atom. The van der Waals surface area contributed by atoms with E-state index < -0.39 is 10.5 Å². The Hall–Kier alpha value is -5.77. The van der Waals surface area contributed by atoms with Crippen LogP contribution in [0.4, 0.5) is 22.9 Å². The lowest BCUT2D eigenvalue weighted by Crippen LogP contribution is -2.21. The maximum absolute atomic E-state index is 13.1. The number of carbonyl (C=O) groups excluding carboxylic acids is 1. The van der Waals surface area contributed by atoms with Crippen LogP contribution in [0.3, 0.4) is 0 Å². The third-order valence-corrected chi connectivity index (χ3v) is 7.54. The SMILES string of the molecule is Cc1c(NC(=O)c2ccc(C(C)(C)C)cc2)cccc1-c1cn(C)c(=O)c(Nc2ccc(OC3=CC=CCC=C3)c([N+](=O)[O-])c2)n1. The van der Waals surface area contributed by atoms with Crippen LogP contribution >= 0.6 is 0 Å². The number of carbonyl (C=O) groups is 1. The number of benzene rings is 3. The quantitative estimate of drug-likeness (QED) is 0.153. The summed E-state index contributed by atoms with van der Waals surface area (Å²) in [5, 5.41) is 17.9. The Bertz CT molecular complexity index is 1960. The average molecular weight is 618 g/mol. The second-order valence-electron chi connectivity index (χ2n) is 12.0. The highest BCUT2D eigenvalue weighted by Crippen LogP contribution is 2.33. The van der Waals surface area contributed by atoms with E-state index in [2.05, 4.69) is 36.4 Å². The van der Waals surface area contributed by atoms with Gasteiger partial charge < -0.3 is 19.9 Å². The van der Waals surface area contributed by atoms with Crippen LogP contribution in [0.25, 0.3) is 11.3 Å². The summed E-state index contributed by atoms with van der Waals surface area (Å²) in [7, 11) is 1.60. The van der Waals surface area contributed by atoms with Crippen LogP contribution in [-0.4, -0.2) is 20.4 Å². The molecule has 0 spiro atoms. The van der Waals surface area contributed by atoms with Crippen molar-refractivity contribution in [2.75, 3.05) is 10.6 Å². The summed E-state index contributed by atoms with van der Waals surface area (Å²) in [6, 6.07) is 17.4. The molecule has 10 nitrogen and oxygen atoms in total. The van der Waals surface area contributed by atoms with E-state index in [4.69, 9.17) is 4.74 Å². The van der Waals surface area contributed by atoms with Crippen molar-refractivity contribution in [2.24, 2.45) is 7.05 Å². The highest BCUT2D eigenvalue weighted by Gasteiger charge is 2.20. The van der Waals surface area contributed by atoms with Gasteiger partial charge in [-0.2, -0.15) is 0 Å². The number of nitro groups is 1. The minimum absolute atomic E-state index is 0.0182. The van der Waals surface area contributed by atoms with Crippen molar-refractivity contribution < 1.29 is 14.5 Å². The van der Waals surface area contributed by atoms with Gasteiger partial charge in [0.1, 0.15) is 5.76 Å². The molecule has 1 aromatic heterocycles. The summed E-state index contributed by atoms with van der Waals surface area (Å²) in [6.45, 7) is 8.22. The van der Waals surface area contributed by atoms with E-state index in [9.17, 15) is 19.7 Å². The number of anilines is 3. The van der Waals surface area contributed by atoms with Gasteiger partial charge in [0.05, 0.1) is 10.6 Å². The standard InChI is InChI=1S/C36H35N5O5/c1-23-28(13-10-14-29(23)39-34(42)24-15-17-25(18-16-24)36(2,3)4)30-22-40(5)35(43)33(38-30)37-26-19-20-32(31(21-26)41(44)45)46-27-11-8-6-7-9-12-27/h6,8-22H,7H2,1-5H3,(H,37,38)(H,39,42). The Labute approximate surface area is 266 Å². The zero-order chi connectivity index (χ0) is 33.0. The molecule has 1 heterocycles. The smallest absolute Gasteiger partial charge is 0.313 e. The third kappa shape index (κ3) is 7.13. The van der Waals surface area contributed by atoms with E-state index >= 15 is 0 Å². The maximum atomic E-state index is 13.1. The Balaban J connectivity index is 1.41. The van der Waals surface area contributed by atoms with Crippen LogP contribution in [0.5, 0.6) is 5.75 Å². The van der Waals surface area contributed by atoms with Crippen LogP contribution in [0, 0.1) is 17.0 Å². The fraction of sp³-hybridized carbons (Fsp3) is 0.194. The van der Waals surface area contributed by atoms with Gasteiger partial charge in [-0.05, 0) is 72.4 Å². The zero-order valence-corrected chi connectivity index (χ0v) is 26.3. The summed E-state index contributed by atoms with van der Waals surface area (Å²) >= 11 is 0. The van der Waals surface area contributed by atoms with Crippen molar-refractivity contribution >= 4 is 28.8 Å². The molecule has 0 saturated carbocycles. The first-order valence-electron chi connectivity index (χ1n) is 14.8. The number of aryl methyl sites for hydroxylation is 1. The van der Waals surface area contributed by atoms with Crippen molar-refractivity contribution in [1.82, 2.24) is 9.55 Å². The second-order valence-corrected chi connectivity index (χ2v) is 12.0. The highest BCUT2D eigenvalue weighted by atomic mass is 16.6. The van der Waals surface area contributed by atoms with Crippen molar-refractivity contribution in [3.8, 4) is 17.0 Å². The number of rotatable bonds is 8. The van der Waals surface area contributed by atoms with Crippen molar-refractivity contribution in [1.29, 1.82) is 0 Å². The van der Waals surface area contributed by atoms with Crippen LogP contribution in [0.15, 0.2) is 108 Å². The predicted molar refractivity (Wildman–Crippen MR) is 181 cm³/mol. The van der Waals surface area contributed by atoms with Crippen molar-refractivity contribution in [2.45, 2.75) is 39.5 Å². The number of hydrogen-bond donors (Lipinski definition) is 2. The van der Waals surface area contributed by atoms with Gasteiger partial charge in [-0.15, -0.1) is 0 Å². The fourth-order valence-corrected chi connectivity index (χ4v) is 4.90. The monoisotopic (exact) mass is 617 g/mol. The van der Waals surface area contributed by atoms with Crippen LogP contribution in [-0.2, 0) is 12.5 Å². The fourth-order valence-electron chi connectivity index (χ4n) is 4.90. The summed E-state index contributed by atoms with van der Waals surface area (Å²) < 4.78 is 7.18. The van der Waals surface area contributed by atoms with Gasteiger partial charge in [0.15, 0.2) is 5.82 Å². The topological polar surface area (TPSA) is 128 Å². The minimum Gasteiger partial charge on any atom is -0.450 e. The largest absolute Gasteiger partial charge is 0.450 e. The molecule has 2 N–H and O–H groups in total. The van der Waals surface area contributed by atoms with Crippen molar-refractivity contribution in [3.05, 3.63) is 140 Å². The molecule has 10 heteroatoms. The number of ether oxygens (including phenoxy) is 1. The van der Waals surface area contributed by atoms with Gasteiger partial charge >= 0.3 is 5.69 Å². The molecule has 0 bridgehead atoms. The molecule has 0 atom stereocenters. The molecule has 0 unspecified atom stereocenters. The molecule has 0 radical (unpaired) electrons. The highest BCUT2D eigenvalue weighted by molar-refractivity contribution is 6.05. The number of aromatic nitrogens is 2. The normalized spacial score (nSPS) is 12.7. The molecule has 5 rings (SSSR count). The third-order valence-electron chi connectivity index (χ3n) is 7.54. The molecule has 0 fully saturated rings. The average Bonchev–Trinajstić information content (AvgIpc) is 3.29. The van der Waals surface area contributed by atoms with E-state index in [0.29, 0.717) is 34.0 Å². The number of allylic oxidation sites excluding steroid dienone is 5. The summed E-state index contributed by atoms with van der Waals surface area (Å²) in [5.74, 6) is 0.271. The molecule has 4 aromatic rings.